The molecule has 3 aromatic rings. The van der Waals surface area contributed by atoms with Gasteiger partial charge in [0, 0.05) is 10.5 Å². The van der Waals surface area contributed by atoms with Crippen molar-refractivity contribution in [1.29, 1.82) is 0 Å². The molecule has 0 aliphatic rings. The summed E-state index contributed by atoms with van der Waals surface area (Å²) >= 11 is 4.83. The van der Waals surface area contributed by atoms with Crippen LogP contribution in [0.2, 0.25) is 0 Å². The Hall–Kier alpha value is -1.92. The third-order valence-corrected chi connectivity index (χ3v) is 3.87. The van der Waals surface area contributed by atoms with Crippen molar-refractivity contribution < 1.29 is 14.1 Å². The zero-order chi connectivity index (χ0) is 13.9. The number of nitrogens with zero attached hydrogens (tertiary/aromatic N) is 1. The number of thiophene rings is 1. The van der Waals surface area contributed by atoms with Crippen LogP contribution >= 0.6 is 27.3 Å². The van der Waals surface area contributed by atoms with Crippen LogP contribution < -0.4 is 4.74 Å². The van der Waals surface area contributed by atoms with E-state index >= 15 is 0 Å². The van der Waals surface area contributed by atoms with Crippen LogP contribution in [-0.4, -0.2) is 11.1 Å². The Morgan fingerprint density at radius 2 is 2.15 bits per heavy atom. The van der Waals surface area contributed by atoms with Gasteiger partial charge in [0.05, 0.1) is 4.88 Å². The van der Waals surface area contributed by atoms with Crippen molar-refractivity contribution in [2.75, 3.05) is 0 Å². The Morgan fingerprint density at radius 3 is 2.90 bits per heavy atom. The fraction of sp³-hybridized carbons (Fsp3) is 0. The molecule has 0 atom stereocenters. The Labute approximate surface area is 127 Å². The van der Waals surface area contributed by atoms with E-state index in [9.17, 15) is 4.79 Å². The van der Waals surface area contributed by atoms with Crippen LogP contribution in [0.4, 0.5) is 0 Å². The van der Waals surface area contributed by atoms with Crippen LogP contribution in [0.5, 0.6) is 5.75 Å². The zero-order valence-corrected chi connectivity index (χ0v) is 12.5. The summed E-state index contributed by atoms with van der Waals surface area (Å²) in [5, 5.41) is 5.66. The molecule has 20 heavy (non-hydrogen) atoms. The average Bonchev–Trinajstić information content (AvgIpc) is 3.10. The van der Waals surface area contributed by atoms with E-state index in [1.165, 1.54) is 11.3 Å². The third kappa shape index (κ3) is 2.81. The topological polar surface area (TPSA) is 52.3 Å². The van der Waals surface area contributed by atoms with Crippen molar-refractivity contribution in [2.24, 2.45) is 0 Å². The van der Waals surface area contributed by atoms with Gasteiger partial charge in [-0.15, -0.1) is 11.3 Å². The molecule has 0 aliphatic carbocycles. The molecule has 0 amide bonds. The van der Waals surface area contributed by atoms with Gasteiger partial charge in [-0.2, -0.15) is 0 Å². The molecular weight excluding hydrogens is 342 g/mol. The monoisotopic (exact) mass is 349 g/mol. The van der Waals surface area contributed by atoms with Crippen molar-refractivity contribution in [1.82, 2.24) is 5.16 Å². The number of halogens is 1. The predicted octanol–water partition coefficient (Wildman–Crippen LogP) is 4.38. The molecule has 0 unspecified atom stereocenters. The first-order chi connectivity index (χ1) is 9.72. The molecule has 3 rings (SSSR count). The van der Waals surface area contributed by atoms with Gasteiger partial charge in [0.1, 0.15) is 5.75 Å². The molecule has 2 heterocycles. The van der Waals surface area contributed by atoms with Crippen molar-refractivity contribution in [3.8, 4) is 16.4 Å². The van der Waals surface area contributed by atoms with Gasteiger partial charge in [-0.3, -0.25) is 0 Å². The third-order valence-electron chi connectivity index (χ3n) is 2.49. The molecule has 4 nitrogen and oxygen atoms in total. The van der Waals surface area contributed by atoms with Crippen LogP contribution in [0.15, 0.2) is 56.8 Å². The molecule has 0 bridgehead atoms. The fourth-order valence-electron chi connectivity index (χ4n) is 1.60. The van der Waals surface area contributed by atoms with Crippen LogP contribution in [0.1, 0.15) is 10.5 Å². The normalized spacial score (nSPS) is 10.4. The smallest absolute Gasteiger partial charge is 0.365 e. The maximum absolute atomic E-state index is 12.0. The highest BCUT2D eigenvalue weighted by Crippen LogP contribution is 2.25. The van der Waals surface area contributed by atoms with Crippen LogP contribution in [0, 0.1) is 0 Å². The van der Waals surface area contributed by atoms with E-state index in [2.05, 4.69) is 21.1 Å². The molecule has 0 saturated heterocycles. The Bertz CT molecular complexity index is 736. The van der Waals surface area contributed by atoms with E-state index in [-0.39, 0.29) is 5.69 Å². The van der Waals surface area contributed by atoms with Crippen LogP contribution in [-0.2, 0) is 0 Å². The minimum atomic E-state index is -0.547. The van der Waals surface area contributed by atoms with Gasteiger partial charge < -0.3 is 9.26 Å². The van der Waals surface area contributed by atoms with Gasteiger partial charge in [-0.25, -0.2) is 4.79 Å². The average molecular weight is 350 g/mol. The number of benzene rings is 1. The van der Waals surface area contributed by atoms with Gasteiger partial charge in [0.25, 0.3) is 0 Å². The zero-order valence-electron chi connectivity index (χ0n) is 10.1. The van der Waals surface area contributed by atoms with Gasteiger partial charge in [0.15, 0.2) is 11.5 Å². The maximum atomic E-state index is 12.0. The molecule has 2 aromatic heterocycles. The summed E-state index contributed by atoms with van der Waals surface area (Å²) in [6.07, 6.45) is 0. The Balaban J connectivity index is 1.78. The molecule has 0 aliphatic heterocycles. The molecule has 0 fully saturated rings. The molecule has 6 heteroatoms. The Kier molecular flexibility index (Phi) is 3.66. The molecule has 100 valence electrons. The number of rotatable bonds is 3. The number of aromatic nitrogens is 1. The van der Waals surface area contributed by atoms with Gasteiger partial charge >= 0.3 is 5.97 Å². The lowest BCUT2D eigenvalue weighted by atomic mass is 10.3. The van der Waals surface area contributed by atoms with E-state index in [1.54, 1.807) is 24.3 Å². The number of esters is 1. The fourth-order valence-corrected chi connectivity index (χ4v) is 2.65. The summed E-state index contributed by atoms with van der Waals surface area (Å²) in [4.78, 5) is 12.9. The summed E-state index contributed by atoms with van der Waals surface area (Å²) in [5.41, 5.74) is 0.147. The van der Waals surface area contributed by atoms with E-state index < -0.39 is 5.97 Å². The summed E-state index contributed by atoms with van der Waals surface area (Å²) < 4.78 is 11.2. The summed E-state index contributed by atoms with van der Waals surface area (Å²) in [6.45, 7) is 0. The van der Waals surface area contributed by atoms with Crippen molar-refractivity contribution in [3.63, 3.8) is 0 Å². The lowest BCUT2D eigenvalue weighted by Crippen LogP contribution is -2.08. The first-order valence-electron chi connectivity index (χ1n) is 5.71. The first-order valence-corrected chi connectivity index (χ1v) is 7.38. The number of ether oxygens (including phenoxy) is 1. The van der Waals surface area contributed by atoms with Gasteiger partial charge in [0.2, 0.25) is 0 Å². The second-order valence-electron chi connectivity index (χ2n) is 3.90. The molecular formula is C14H8BrNO3S. The van der Waals surface area contributed by atoms with Gasteiger partial charge in [-0.05, 0) is 29.6 Å². The van der Waals surface area contributed by atoms with Crippen molar-refractivity contribution in [3.05, 3.63) is 58.0 Å². The predicted molar refractivity (Wildman–Crippen MR) is 78.9 cm³/mol. The minimum Gasteiger partial charge on any atom is -0.422 e. The molecule has 0 radical (unpaired) electrons. The van der Waals surface area contributed by atoms with Crippen LogP contribution in [0.25, 0.3) is 10.6 Å². The van der Waals surface area contributed by atoms with E-state index in [0.29, 0.717) is 11.5 Å². The lowest BCUT2D eigenvalue weighted by molar-refractivity contribution is 0.0724. The van der Waals surface area contributed by atoms with Crippen molar-refractivity contribution in [2.45, 2.75) is 0 Å². The number of hydrogen-bond acceptors (Lipinski definition) is 5. The maximum Gasteiger partial charge on any atom is 0.365 e. The second kappa shape index (κ2) is 5.60. The molecule has 0 saturated carbocycles. The van der Waals surface area contributed by atoms with E-state index in [4.69, 9.17) is 9.26 Å². The summed E-state index contributed by atoms with van der Waals surface area (Å²) in [6, 6.07) is 12.4. The van der Waals surface area contributed by atoms with Crippen LogP contribution in [0.3, 0.4) is 0 Å². The minimum absolute atomic E-state index is 0.147. The highest BCUT2D eigenvalue weighted by atomic mass is 79.9. The first kappa shape index (κ1) is 13.1. The Morgan fingerprint density at radius 1 is 1.25 bits per heavy atom. The van der Waals surface area contributed by atoms with Gasteiger partial charge in [-0.1, -0.05) is 33.2 Å². The molecule has 0 N–H and O–H groups in total. The quantitative estimate of drug-likeness (QED) is 0.519. The number of hydrogen-bond donors (Lipinski definition) is 0. The molecule has 0 spiro atoms. The van der Waals surface area contributed by atoms with Crippen molar-refractivity contribution >= 4 is 33.2 Å². The highest BCUT2D eigenvalue weighted by Gasteiger charge is 2.16. The SMILES string of the molecule is O=C(Oc1cccc(Br)c1)c1cc(-c2cccs2)on1. The number of carbonyl (C=O) groups excluding carboxylic acids is 1. The second-order valence-corrected chi connectivity index (χ2v) is 5.76. The highest BCUT2D eigenvalue weighted by molar-refractivity contribution is 9.10. The summed E-state index contributed by atoms with van der Waals surface area (Å²) in [7, 11) is 0. The van der Waals surface area contributed by atoms with E-state index in [1.807, 2.05) is 23.6 Å². The summed E-state index contributed by atoms with van der Waals surface area (Å²) in [5.74, 6) is 0.459. The number of carbonyl (C=O) groups is 1. The lowest BCUT2D eigenvalue weighted by Gasteiger charge is -2.01. The molecule has 1 aromatic carbocycles. The largest absolute Gasteiger partial charge is 0.422 e. The standard InChI is InChI=1S/C14H8BrNO3S/c15-9-3-1-4-10(7-9)18-14(17)11-8-12(19-16-11)13-5-2-6-20-13/h1-8H. The van der Waals surface area contributed by atoms with E-state index in [0.717, 1.165) is 9.35 Å².